The molecule has 2 N–H and O–H groups in total. The van der Waals surface area contributed by atoms with Crippen molar-refractivity contribution in [2.75, 3.05) is 17.9 Å². The lowest BCUT2D eigenvalue weighted by Gasteiger charge is -2.08. The van der Waals surface area contributed by atoms with Crippen LogP contribution in [0.5, 0.6) is 5.75 Å². The molecule has 0 radical (unpaired) electrons. The molecule has 3 rings (SSSR count). The average Bonchev–Trinajstić information content (AvgIpc) is 2.91. The second-order valence-corrected chi connectivity index (χ2v) is 4.28. The van der Waals surface area contributed by atoms with Crippen LogP contribution in [-0.4, -0.2) is 28.2 Å². The largest absolute Gasteiger partial charge is 0.497 e. The number of rotatable bonds is 3. The first-order valence-electron chi connectivity index (χ1n) is 6.29. The van der Waals surface area contributed by atoms with E-state index in [1.165, 1.54) is 4.79 Å². The number of methoxy groups -OCH3 is 1. The van der Waals surface area contributed by atoms with Crippen molar-refractivity contribution in [1.29, 1.82) is 0 Å². The van der Waals surface area contributed by atoms with Crippen molar-refractivity contribution in [3.63, 3.8) is 0 Å². The minimum absolute atomic E-state index is 0.407. The smallest absolute Gasteiger partial charge is 0.339 e. The predicted octanol–water partition coefficient (Wildman–Crippen LogP) is 2.22. The third kappa shape index (κ3) is 2.76. The molecule has 0 atom stereocenters. The molecule has 7 heteroatoms. The number of amides is 2. The fourth-order valence-electron chi connectivity index (χ4n) is 1.88. The first kappa shape index (κ1) is 12.9. The summed E-state index contributed by atoms with van der Waals surface area (Å²) in [5, 5.41) is 10.5. The molecule has 0 aliphatic rings. The molecule has 0 spiro atoms. The maximum atomic E-state index is 11.9. The van der Waals surface area contributed by atoms with Crippen LogP contribution in [0.15, 0.2) is 48.5 Å². The van der Waals surface area contributed by atoms with Gasteiger partial charge < -0.3 is 10.1 Å². The van der Waals surface area contributed by atoms with Gasteiger partial charge in [0.2, 0.25) is 0 Å². The number of anilines is 1. The van der Waals surface area contributed by atoms with Crippen molar-refractivity contribution in [3.8, 4) is 5.75 Å². The van der Waals surface area contributed by atoms with Gasteiger partial charge in [0.1, 0.15) is 16.8 Å². The second-order valence-electron chi connectivity index (χ2n) is 4.28. The van der Waals surface area contributed by atoms with Crippen LogP contribution < -0.4 is 15.5 Å². The van der Waals surface area contributed by atoms with Crippen molar-refractivity contribution < 1.29 is 9.53 Å². The van der Waals surface area contributed by atoms with Crippen LogP contribution in [0.1, 0.15) is 0 Å². The van der Waals surface area contributed by atoms with E-state index < -0.39 is 6.03 Å². The van der Waals surface area contributed by atoms with E-state index in [0.29, 0.717) is 11.2 Å². The Hall–Kier alpha value is -3.09. The molecule has 21 heavy (non-hydrogen) atoms. The molecule has 0 aliphatic heterocycles. The molecule has 0 aliphatic carbocycles. The van der Waals surface area contributed by atoms with Crippen LogP contribution >= 0.6 is 0 Å². The van der Waals surface area contributed by atoms with Crippen LogP contribution in [-0.2, 0) is 0 Å². The number of carbonyl (C=O) groups excluding carboxylic acids is 1. The fourth-order valence-corrected chi connectivity index (χ4v) is 1.88. The summed E-state index contributed by atoms with van der Waals surface area (Å²) in [5.74, 6) is 0.725. The van der Waals surface area contributed by atoms with E-state index in [1.807, 2.05) is 24.3 Å². The summed E-state index contributed by atoms with van der Waals surface area (Å²) in [6, 6.07) is 14.0. The Morgan fingerprint density at radius 1 is 1.14 bits per heavy atom. The molecule has 0 saturated heterocycles. The third-order valence-electron chi connectivity index (χ3n) is 2.91. The van der Waals surface area contributed by atoms with Crippen LogP contribution in [0.4, 0.5) is 10.5 Å². The van der Waals surface area contributed by atoms with Gasteiger partial charge in [-0.25, -0.2) is 10.2 Å². The van der Waals surface area contributed by atoms with E-state index in [4.69, 9.17) is 4.74 Å². The van der Waals surface area contributed by atoms with Gasteiger partial charge in [0, 0.05) is 5.69 Å². The maximum absolute atomic E-state index is 11.9. The summed E-state index contributed by atoms with van der Waals surface area (Å²) in [6.07, 6.45) is 0. The van der Waals surface area contributed by atoms with Crippen molar-refractivity contribution >= 4 is 22.8 Å². The minimum Gasteiger partial charge on any atom is -0.497 e. The number of hydrogen-bond acceptors (Lipinski definition) is 4. The zero-order chi connectivity index (χ0) is 14.7. The molecule has 2 aromatic carbocycles. The third-order valence-corrected chi connectivity index (χ3v) is 2.91. The number of carbonyl (C=O) groups is 1. The Kier molecular flexibility index (Phi) is 3.38. The molecule has 1 heterocycles. The summed E-state index contributed by atoms with van der Waals surface area (Å²) < 4.78 is 5.06. The Labute approximate surface area is 120 Å². The number of aromatic nitrogens is 3. The summed E-state index contributed by atoms with van der Waals surface area (Å²) in [7, 11) is 1.59. The molecule has 0 bridgehead atoms. The number of para-hydroxylation sites is 1. The van der Waals surface area contributed by atoms with Crippen molar-refractivity contribution in [2.24, 2.45) is 0 Å². The molecule has 106 valence electrons. The van der Waals surface area contributed by atoms with Gasteiger partial charge >= 0.3 is 6.03 Å². The first-order valence-corrected chi connectivity index (χ1v) is 6.29. The van der Waals surface area contributed by atoms with E-state index in [9.17, 15) is 4.79 Å². The van der Waals surface area contributed by atoms with Crippen molar-refractivity contribution in [3.05, 3.63) is 48.5 Å². The Morgan fingerprint density at radius 2 is 1.90 bits per heavy atom. The van der Waals surface area contributed by atoms with Crippen LogP contribution in [0.25, 0.3) is 11.0 Å². The first-order chi connectivity index (χ1) is 10.3. The van der Waals surface area contributed by atoms with E-state index >= 15 is 0 Å². The van der Waals surface area contributed by atoms with Gasteiger partial charge in [-0.1, -0.05) is 12.1 Å². The topological polar surface area (TPSA) is 81.1 Å². The molecule has 2 amide bonds. The highest BCUT2D eigenvalue weighted by atomic mass is 16.5. The summed E-state index contributed by atoms with van der Waals surface area (Å²) in [6.45, 7) is 0. The van der Waals surface area contributed by atoms with Gasteiger partial charge in [0.15, 0.2) is 0 Å². The van der Waals surface area contributed by atoms with Gasteiger partial charge in [-0.05, 0) is 41.6 Å². The normalized spacial score (nSPS) is 10.3. The summed E-state index contributed by atoms with van der Waals surface area (Å²) in [5.41, 5.74) is 4.69. The van der Waals surface area contributed by atoms with Gasteiger partial charge in [0.05, 0.1) is 7.11 Å². The van der Waals surface area contributed by atoms with E-state index in [0.717, 1.165) is 11.3 Å². The van der Waals surface area contributed by atoms with E-state index in [2.05, 4.69) is 21.1 Å². The van der Waals surface area contributed by atoms with Gasteiger partial charge in [-0.15, -0.1) is 9.89 Å². The van der Waals surface area contributed by atoms with Crippen LogP contribution in [0.2, 0.25) is 0 Å². The lowest BCUT2D eigenvalue weighted by atomic mass is 10.3. The lowest BCUT2D eigenvalue weighted by molar-refractivity contribution is 0.259. The van der Waals surface area contributed by atoms with Crippen molar-refractivity contribution in [2.45, 2.75) is 0 Å². The highest BCUT2D eigenvalue weighted by Gasteiger charge is 2.07. The predicted molar refractivity (Wildman–Crippen MR) is 78.9 cm³/mol. The minimum atomic E-state index is -0.407. The molecule has 1 aromatic heterocycles. The van der Waals surface area contributed by atoms with E-state index in [-0.39, 0.29) is 0 Å². The number of urea groups is 1. The average molecular weight is 283 g/mol. The maximum Gasteiger partial charge on any atom is 0.339 e. The Balaban J connectivity index is 1.71. The van der Waals surface area contributed by atoms with Crippen molar-refractivity contribution in [1.82, 2.24) is 15.1 Å². The summed E-state index contributed by atoms with van der Waals surface area (Å²) >= 11 is 0. The standard InChI is InChI=1S/C14H13N5O2/c1-21-11-8-6-10(7-9-11)15-14(20)17-19-13-5-3-2-4-12(13)16-18-19/h2-9H,1H3,(H2,15,17,20). The lowest BCUT2D eigenvalue weighted by Crippen LogP contribution is -2.28. The zero-order valence-corrected chi connectivity index (χ0v) is 11.3. The monoisotopic (exact) mass is 283 g/mol. The van der Waals surface area contributed by atoms with Crippen LogP contribution in [0, 0.1) is 0 Å². The van der Waals surface area contributed by atoms with E-state index in [1.54, 1.807) is 31.4 Å². The Bertz CT molecular complexity index is 766. The number of nitrogens with one attached hydrogen (secondary N) is 2. The number of ether oxygens (including phenoxy) is 1. The quantitative estimate of drug-likeness (QED) is 0.772. The number of benzene rings is 2. The molecule has 0 saturated carbocycles. The molecule has 3 aromatic rings. The Morgan fingerprint density at radius 3 is 2.67 bits per heavy atom. The fraction of sp³-hybridized carbons (Fsp3) is 0.0714. The molecule has 0 unspecified atom stereocenters. The molecule has 7 nitrogen and oxygen atoms in total. The highest BCUT2D eigenvalue weighted by Crippen LogP contribution is 2.15. The van der Waals surface area contributed by atoms with Gasteiger partial charge in [-0.2, -0.15) is 0 Å². The number of hydrogen-bond donors (Lipinski definition) is 2. The van der Waals surface area contributed by atoms with Crippen LogP contribution in [0.3, 0.4) is 0 Å². The summed E-state index contributed by atoms with van der Waals surface area (Å²) in [4.78, 5) is 13.3. The molecular formula is C14H13N5O2. The van der Waals surface area contributed by atoms with Gasteiger partial charge in [-0.3, -0.25) is 0 Å². The SMILES string of the molecule is COc1ccc(NC(=O)Nn2nnc3ccccc32)cc1. The highest BCUT2D eigenvalue weighted by molar-refractivity contribution is 5.95. The van der Waals surface area contributed by atoms with Gasteiger partial charge in [0.25, 0.3) is 0 Å². The second kappa shape index (κ2) is 5.49. The number of fused-ring (bicyclic) bond motifs is 1. The zero-order valence-electron chi connectivity index (χ0n) is 11.3. The molecular weight excluding hydrogens is 270 g/mol. The number of nitrogens with zero attached hydrogens (tertiary/aromatic N) is 3. The molecule has 0 fully saturated rings.